The van der Waals surface area contributed by atoms with Crippen LogP contribution in [0.1, 0.15) is 54.5 Å². The van der Waals surface area contributed by atoms with E-state index in [-0.39, 0.29) is 18.4 Å². The summed E-state index contributed by atoms with van der Waals surface area (Å²) >= 11 is 1.43. The lowest BCUT2D eigenvalue weighted by Crippen LogP contribution is -2.35. The predicted molar refractivity (Wildman–Crippen MR) is 103 cm³/mol. The number of ether oxygens (including phenoxy) is 1. The average Bonchev–Trinajstić information content (AvgIpc) is 3.43. The van der Waals surface area contributed by atoms with Crippen LogP contribution in [0.3, 0.4) is 0 Å². The monoisotopic (exact) mass is 401 g/mol. The fraction of sp³-hybridized carbons (Fsp3) is 0.600. The molecule has 1 aromatic rings. The van der Waals surface area contributed by atoms with E-state index in [1.165, 1.54) is 11.3 Å². The second-order valence-electron chi connectivity index (χ2n) is 7.71. The highest BCUT2D eigenvalue weighted by molar-refractivity contribution is 7.16. The van der Waals surface area contributed by atoms with Crippen molar-refractivity contribution in [3.63, 3.8) is 0 Å². The number of rotatable bonds is 5. The Labute approximate surface area is 167 Å². The highest BCUT2D eigenvalue weighted by Crippen LogP contribution is 2.38. The fourth-order valence-corrected chi connectivity index (χ4v) is 5.74. The minimum Gasteiger partial charge on any atom is -0.455 e. The molecule has 0 spiro atoms. The molecule has 1 N–H and O–H groups in total. The summed E-state index contributed by atoms with van der Waals surface area (Å²) in [5, 5.41) is 12.6. The quantitative estimate of drug-likeness (QED) is 0.764. The number of esters is 1. The van der Waals surface area contributed by atoms with Crippen LogP contribution < -0.4 is 5.32 Å². The molecule has 2 aliphatic carbocycles. The zero-order valence-corrected chi connectivity index (χ0v) is 16.5. The SMILES string of the molecule is N#Cc1c(NC(=O)COC(=O)[C@H]2CC(=O)N(C3CCCC3)C2)sc2c1CCC2. The predicted octanol–water partition coefficient (Wildman–Crippen LogP) is 2.38. The van der Waals surface area contributed by atoms with Gasteiger partial charge in [-0.2, -0.15) is 5.26 Å². The Morgan fingerprint density at radius 3 is 2.79 bits per heavy atom. The summed E-state index contributed by atoms with van der Waals surface area (Å²) in [5.74, 6) is -1.45. The topological polar surface area (TPSA) is 99.5 Å². The lowest BCUT2D eigenvalue weighted by molar-refractivity contribution is -0.151. The van der Waals surface area contributed by atoms with Gasteiger partial charge in [-0.1, -0.05) is 12.8 Å². The summed E-state index contributed by atoms with van der Waals surface area (Å²) in [4.78, 5) is 39.7. The number of aryl methyl sites for hydroxylation is 1. The number of carbonyl (C=O) groups is 3. The first-order valence-corrected chi connectivity index (χ1v) is 10.7. The van der Waals surface area contributed by atoms with Crippen LogP contribution in [0.4, 0.5) is 5.00 Å². The maximum absolute atomic E-state index is 12.3. The highest BCUT2D eigenvalue weighted by Gasteiger charge is 2.39. The summed E-state index contributed by atoms with van der Waals surface area (Å²) in [7, 11) is 0. The van der Waals surface area contributed by atoms with Gasteiger partial charge in [0.1, 0.15) is 11.1 Å². The van der Waals surface area contributed by atoms with Gasteiger partial charge in [0.05, 0.1) is 11.5 Å². The summed E-state index contributed by atoms with van der Waals surface area (Å²) in [6.45, 7) is -0.0133. The van der Waals surface area contributed by atoms with E-state index in [4.69, 9.17) is 4.74 Å². The van der Waals surface area contributed by atoms with E-state index in [1.54, 1.807) is 0 Å². The normalized spacial score (nSPS) is 21.6. The molecular weight excluding hydrogens is 378 g/mol. The molecule has 3 aliphatic rings. The van der Waals surface area contributed by atoms with Gasteiger partial charge >= 0.3 is 5.97 Å². The molecule has 8 heteroatoms. The molecule has 28 heavy (non-hydrogen) atoms. The second-order valence-corrected chi connectivity index (χ2v) is 8.82. The van der Waals surface area contributed by atoms with E-state index in [0.29, 0.717) is 17.1 Å². The molecule has 7 nitrogen and oxygen atoms in total. The van der Waals surface area contributed by atoms with Crippen LogP contribution in [0.5, 0.6) is 0 Å². The number of likely N-dealkylation sites (tertiary alicyclic amines) is 1. The number of nitriles is 1. The van der Waals surface area contributed by atoms with Crippen LogP contribution in [0, 0.1) is 17.2 Å². The highest BCUT2D eigenvalue weighted by atomic mass is 32.1. The molecule has 2 fully saturated rings. The van der Waals surface area contributed by atoms with E-state index in [2.05, 4.69) is 11.4 Å². The standard InChI is InChI=1S/C20H23N3O4S/c21-9-15-14-6-3-7-16(14)28-19(15)22-17(24)11-27-20(26)12-8-18(25)23(10-12)13-4-1-2-5-13/h12-13H,1-8,10-11H2,(H,22,24)/t12-/m0/s1. The van der Waals surface area contributed by atoms with Gasteiger partial charge in [-0.15, -0.1) is 11.3 Å². The molecule has 1 saturated carbocycles. The van der Waals surface area contributed by atoms with Crippen molar-refractivity contribution < 1.29 is 19.1 Å². The number of thiophene rings is 1. The molecule has 148 valence electrons. The molecule has 2 heterocycles. The van der Waals surface area contributed by atoms with Crippen LogP contribution in [0.2, 0.25) is 0 Å². The Balaban J connectivity index is 1.29. The van der Waals surface area contributed by atoms with Crippen molar-refractivity contribution in [2.75, 3.05) is 18.5 Å². The van der Waals surface area contributed by atoms with Crippen LogP contribution in [-0.4, -0.2) is 41.9 Å². The minimum atomic E-state index is -0.502. The smallest absolute Gasteiger partial charge is 0.311 e. The fourth-order valence-electron chi connectivity index (χ4n) is 4.49. The van der Waals surface area contributed by atoms with E-state index in [1.807, 2.05) is 4.90 Å². The molecule has 0 bridgehead atoms. The van der Waals surface area contributed by atoms with Gasteiger partial charge in [-0.3, -0.25) is 14.4 Å². The Hall–Kier alpha value is -2.40. The van der Waals surface area contributed by atoms with E-state index < -0.39 is 24.4 Å². The van der Waals surface area contributed by atoms with E-state index >= 15 is 0 Å². The first-order chi connectivity index (χ1) is 13.6. The van der Waals surface area contributed by atoms with Crippen molar-refractivity contribution >= 4 is 34.1 Å². The molecular formula is C20H23N3O4S. The van der Waals surface area contributed by atoms with Crippen molar-refractivity contribution in [2.45, 2.75) is 57.4 Å². The van der Waals surface area contributed by atoms with Crippen molar-refractivity contribution in [3.05, 3.63) is 16.0 Å². The second kappa shape index (κ2) is 7.92. The number of fused-ring (bicyclic) bond motifs is 1. The molecule has 0 unspecified atom stereocenters. The van der Waals surface area contributed by atoms with Gasteiger partial charge in [0.15, 0.2) is 6.61 Å². The van der Waals surface area contributed by atoms with Crippen molar-refractivity contribution in [3.8, 4) is 6.07 Å². The Morgan fingerprint density at radius 2 is 2.04 bits per heavy atom. The minimum absolute atomic E-state index is 0.00469. The number of hydrogen-bond acceptors (Lipinski definition) is 6. The maximum Gasteiger partial charge on any atom is 0.311 e. The van der Waals surface area contributed by atoms with Gasteiger partial charge < -0.3 is 15.0 Å². The van der Waals surface area contributed by atoms with Gasteiger partial charge in [0.2, 0.25) is 5.91 Å². The summed E-state index contributed by atoms with van der Waals surface area (Å²) in [6.07, 6.45) is 7.26. The van der Waals surface area contributed by atoms with Crippen molar-refractivity contribution in [1.29, 1.82) is 5.26 Å². The van der Waals surface area contributed by atoms with E-state index in [0.717, 1.165) is 55.4 Å². The van der Waals surface area contributed by atoms with Crippen LogP contribution in [0.15, 0.2) is 0 Å². The van der Waals surface area contributed by atoms with E-state index in [9.17, 15) is 19.6 Å². The van der Waals surface area contributed by atoms with Gasteiger partial charge in [0.25, 0.3) is 5.91 Å². The zero-order chi connectivity index (χ0) is 19.7. The molecule has 1 aliphatic heterocycles. The maximum atomic E-state index is 12.3. The first kappa shape index (κ1) is 18.9. The number of amides is 2. The van der Waals surface area contributed by atoms with Gasteiger partial charge in [-0.25, -0.2) is 0 Å². The third kappa shape index (κ3) is 3.63. The Kier molecular flexibility index (Phi) is 5.36. The lowest BCUT2D eigenvalue weighted by atomic mass is 10.1. The number of anilines is 1. The molecule has 4 rings (SSSR count). The molecule has 0 aromatic carbocycles. The first-order valence-electron chi connectivity index (χ1n) is 9.87. The molecule has 1 saturated heterocycles. The summed E-state index contributed by atoms with van der Waals surface area (Å²) in [6, 6.07) is 2.42. The van der Waals surface area contributed by atoms with Gasteiger partial charge in [0, 0.05) is 23.9 Å². The molecule has 1 aromatic heterocycles. The largest absolute Gasteiger partial charge is 0.455 e. The molecule has 1 atom stereocenters. The Morgan fingerprint density at radius 1 is 1.25 bits per heavy atom. The molecule has 0 radical (unpaired) electrons. The number of hydrogen-bond donors (Lipinski definition) is 1. The van der Waals surface area contributed by atoms with Gasteiger partial charge in [-0.05, 0) is 37.7 Å². The van der Waals surface area contributed by atoms with Crippen LogP contribution in [0.25, 0.3) is 0 Å². The van der Waals surface area contributed by atoms with Crippen molar-refractivity contribution in [2.24, 2.45) is 5.92 Å². The third-order valence-electron chi connectivity index (χ3n) is 5.89. The summed E-state index contributed by atoms with van der Waals surface area (Å²) < 4.78 is 5.16. The third-order valence-corrected chi connectivity index (χ3v) is 7.10. The van der Waals surface area contributed by atoms with Crippen molar-refractivity contribution in [1.82, 2.24) is 4.90 Å². The Bertz CT molecular complexity index is 850. The van der Waals surface area contributed by atoms with Crippen LogP contribution >= 0.6 is 11.3 Å². The number of nitrogens with one attached hydrogen (secondary N) is 1. The zero-order valence-electron chi connectivity index (χ0n) is 15.7. The molecule has 2 amide bonds. The summed E-state index contributed by atoms with van der Waals surface area (Å²) in [5.41, 5.74) is 1.57. The number of carbonyl (C=O) groups excluding carboxylic acids is 3. The number of nitrogens with zero attached hydrogens (tertiary/aromatic N) is 2. The lowest BCUT2D eigenvalue weighted by Gasteiger charge is -2.23. The average molecular weight is 401 g/mol. The van der Waals surface area contributed by atoms with Crippen LogP contribution in [-0.2, 0) is 32.0 Å².